The van der Waals surface area contributed by atoms with Gasteiger partial charge in [0, 0.05) is 14.2 Å². The monoisotopic (exact) mass is 502 g/mol. The summed E-state index contributed by atoms with van der Waals surface area (Å²) < 4.78 is 25.8. The number of benzene rings is 3. The van der Waals surface area contributed by atoms with Crippen molar-refractivity contribution in [1.82, 2.24) is 0 Å². The molecule has 3 aromatic carbocycles. The zero-order valence-corrected chi connectivity index (χ0v) is 21.0. The van der Waals surface area contributed by atoms with Crippen LogP contribution in [0, 0.1) is 0 Å². The summed E-state index contributed by atoms with van der Waals surface area (Å²) in [4.78, 5) is 23.6. The Morgan fingerprint density at radius 3 is 1.46 bits per heavy atom. The summed E-state index contributed by atoms with van der Waals surface area (Å²) in [6, 6.07) is 23.1. The van der Waals surface area contributed by atoms with Gasteiger partial charge in [0.2, 0.25) is 0 Å². The fourth-order valence-electron chi connectivity index (χ4n) is 3.36. The van der Waals surface area contributed by atoms with Crippen LogP contribution in [0.25, 0.3) is 22.3 Å². The molecule has 192 valence electrons. The number of methoxy groups -OCH3 is 2. The lowest BCUT2D eigenvalue weighted by Gasteiger charge is -2.10. The van der Waals surface area contributed by atoms with Gasteiger partial charge in [-0.3, -0.25) is 0 Å². The minimum absolute atomic E-state index is 0.122. The van der Waals surface area contributed by atoms with Crippen LogP contribution in [-0.4, -0.2) is 52.6 Å². The van der Waals surface area contributed by atoms with E-state index in [1.807, 2.05) is 60.7 Å². The Bertz CT molecular complexity index is 1210. The number of esters is 2. The van der Waals surface area contributed by atoms with Crippen LogP contribution in [0.3, 0.4) is 0 Å². The Kier molecular flexibility index (Phi) is 10.2. The van der Waals surface area contributed by atoms with Gasteiger partial charge < -0.3 is 23.7 Å². The molecule has 0 fully saturated rings. The van der Waals surface area contributed by atoms with Gasteiger partial charge in [0.25, 0.3) is 0 Å². The molecule has 3 rings (SSSR count). The lowest BCUT2D eigenvalue weighted by molar-refractivity contribution is -0.140. The van der Waals surface area contributed by atoms with Crippen molar-refractivity contribution in [2.24, 2.45) is 0 Å². The normalized spacial score (nSPS) is 10.4. The standard InChI is InChI=1S/C30H30O7/c1-21(19-33-3)29(31)36-18-17-35-27-13-9-25(10-14-27)23-5-7-24(8-6-23)26-11-15-28(16-12-26)37-30(32)22(2)20-34-4/h5-16H,1-2,17-20H2,3-4H3. The molecule has 0 aliphatic heterocycles. The van der Waals surface area contributed by atoms with Gasteiger partial charge in [-0.05, 0) is 46.5 Å². The van der Waals surface area contributed by atoms with E-state index in [0.29, 0.717) is 11.5 Å². The number of ether oxygens (including phenoxy) is 5. The minimum atomic E-state index is -0.511. The predicted octanol–water partition coefficient (Wildman–Crippen LogP) is 5.25. The summed E-state index contributed by atoms with van der Waals surface area (Å²) in [6.07, 6.45) is 0. The van der Waals surface area contributed by atoms with Crippen molar-refractivity contribution < 1.29 is 33.3 Å². The molecular formula is C30H30O7. The second-order valence-corrected chi connectivity index (χ2v) is 8.07. The molecule has 0 aromatic heterocycles. The van der Waals surface area contributed by atoms with Gasteiger partial charge in [0.05, 0.1) is 24.4 Å². The van der Waals surface area contributed by atoms with E-state index < -0.39 is 11.9 Å². The van der Waals surface area contributed by atoms with Crippen molar-refractivity contribution in [3.8, 4) is 33.8 Å². The molecule has 3 aromatic rings. The third-order valence-electron chi connectivity index (χ3n) is 5.27. The Morgan fingerprint density at radius 1 is 0.595 bits per heavy atom. The third-order valence-corrected chi connectivity index (χ3v) is 5.27. The Hall–Kier alpha value is -4.20. The molecule has 7 nitrogen and oxygen atoms in total. The second kappa shape index (κ2) is 13.8. The Labute approximate surface area is 216 Å². The van der Waals surface area contributed by atoms with Crippen molar-refractivity contribution >= 4 is 11.9 Å². The van der Waals surface area contributed by atoms with Crippen molar-refractivity contribution in [1.29, 1.82) is 0 Å². The highest BCUT2D eigenvalue weighted by Crippen LogP contribution is 2.27. The first kappa shape index (κ1) is 27.4. The van der Waals surface area contributed by atoms with Crippen LogP contribution in [0.5, 0.6) is 11.5 Å². The first-order chi connectivity index (χ1) is 17.9. The number of hydrogen-bond donors (Lipinski definition) is 0. The summed E-state index contributed by atoms with van der Waals surface area (Å²) in [5.74, 6) is 0.120. The molecular weight excluding hydrogens is 472 g/mol. The van der Waals surface area contributed by atoms with Gasteiger partial charge in [0.1, 0.15) is 24.7 Å². The largest absolute Gasteiger partial charge is 0.490 e. The SMILES string of the molecule is C=C(COC)C(=O)OCCOc1ccc(-c2ccc(-c3ccc(OC(=O)C(=C)COC)cc3)cc2)cc1. The molecule has 7 heteroatoms. The lowest BCUT2D eigenvalue weighted by atomic mass is 10.0. The highest BCUT2D eigenvalue weighted by molar-refractivity contribution is 5.90. The van der Waals surface area contributed by atoms with Crippen LogP contribution in [0.1, 0.15) is 0 Å². The van der Waals surface area contributed by atoms with Crippen molar-refractivity contribution in [3.63, 3.8) is 0 Å². The second-order valence-electron chi connectivity index (χ2n) is 8.07. The molecule has 0 heterocycles. The van der Waals surface area contributed by atoms with Gasteiger partial charge >= 0.3 is 11.9 Å². The zero-order valence-electron chi connectivity index (χ0n) is 21.0. The predicted molar refractivity (Wildman–Crippen MR) is 141 cm³/mol. The molecule has 0 spiro atoms. The molecule has 0 unspecified atom stereocenters. The van der Waals surface area contributed by atoms with Crippen molar-refractivity contribution in [3.05, 3.63) is 97.1 Å². The average Bonchev–Trinajstić information content (AvgIpc) is 2.92. The van der Waals surface area contributed by atoms with Gasteiger partial charge in [-0.2, -0.15) is 0 Å². The first-order valence-corrected chi connectivity index (χ1v) is 11.6. The molecule has 0 amide bonds. The first-order valence-electron chi connectivity index (χ1n) is 11.6. The molecule has 0 aliphatic rings. The van der Waals surface area contributed by atoms with E-state index in [1.165, 1.54) is 14.2 Å². The molecule has 0 saturated heterocycles. The molecule has 0 saturated carbocycles. The van der Waals surface area contributed by atoms with Gasteiger partial charge in [0.15, 0.2) is 0 Å². The molecule has 0 bridgehead atoms. The summed E-state index contributed by atoms with van der Waals surface area (Å²) in [6.45, 7) is 7.87. The number of carbonyl (C=O) groups excluding carboxylic acids is 2. The van der Waals surface area contributed by atoms with Crippen LogP contribution in [0.15, 0.2) is 97.1 Å². The van der Waals surface area contributed by atoms with E-state index in [-0.39, 0.29) is 37.6 Å². The van der Waals surface area contributed by atoms with Gasteiger partial charge in [-0.25, -0.2) is 9.59 Å². The molecule has 37 heavy (non-hydrogen) atoms. The van der Waals surface area contributed by atoms with E-state index in [2.05, 4.69) is 13.2 Å². The van der Waals surface area contributed by atoms with Crippen LogP contribution in [0.4, 0.5) is 0 Å². The van der Waals surface area contributed by atoms with E-state index >= 15 is 0 Å². The van der Waals surface area contributed by atoms with Crippen LogP contribution < -0.4 is 9.47 Å². The van der Waals surface area contributed by atoms with Gasteiger partial charge in [-0.1, -0.05) is 61.7 Å². The van der Waals surface area contributed by atoms with Crippen molar-refractivity contribution in [2.75, 3.05) is 40.6 Å². The molecule has 0 N–H and O–H groups in total. The fraction of sp³-hybridized carbons (Fsp3) is 0.200. The maximum Gasteiger partial charge on any atom is 0.341 e. The summed E-state index contributed by atoms with van der Waals surface area (Å²) in [5, 5.41) is 0. The fourth-order valence-corrected chi connectivity index (χ4v) is 3.36. The van der Waals surface area contributed by atoms with Crippen molar-refractivity contribution in [2.45, 2.75) is 0 Å². The quantitative estimate of drug-likeness (QED) is 0.137. The Morgan fingerprint density at radius 2 is 1.00 bits per heavy atom. The van der Waals surface area contributed by atoms with Crippen LogP contribution in [0.2, 0.25) is 0 Å². The maximum atomic E-state index is 11.9. The van der Waals surface area contributed by atoms with E-state index in [0.717, 1.165) is 22.3 Å². The number of rotatable bonds is 13. The topological polar surface area (TPSA) is 80.3 Å². The smallest absolute Gasteiger partial charge is 0.341 e. The van der Waals surface area contributed by atoms with Crippen LogP contribution in [-0.2, 0) is 23.8 Å². The molecule has 0 radical (unpaired) electrons. The number of carbonyl (C=O) groups is 2. The molecule has 0 aliphatic carbocycles. The van der Waals surface area contributed by atoms with E-state index in [4.69, 9.17) is 23.7 Å². The Balaban J connectivity index is 1.52. The van der Waals surface area contributed by atoms with E-state index in [1.54, 1.807) is 12.1 Å². The van der Waals surface area contributed by atoms with Gasteiger partial charge in [-0.15, -0.1) is 0 Å². The highest BCUT2D eigenvalue weighted by atomic mass is 16.6. The van der Waals surface area contributed by atoms with E-state index in [9.17, 15) is 9.59 Å². The third kappa shape index (κ3) is 8.17. The van der Waals surface area contributed by atoms with Crippen LogP contribution >= 0.6 is 0 Å². The highest BCUT2D eigenvalue weighted by Gasteiger charge is 2.10. The zero-order chi connectivity index (χ0) is 26.6. The average molecular weight is 503 g/mol. The summed E-state index contributed by atoms with van der Waals surface area (Å²) in [7, 11) is 2.99. The lowest BCUT2D eigenvalue weighted by Crippen LogP contribution is -2.15. The summed E-state index contributed by atoms with van der Waals surface area (Å²) in [5.41, 5.74) is 4.65. The summed E-state index contributed by atoms with van der Waals surface area (Å²) >= 11 is 0. The minimum Gasteiger partial charge on any atom is -0.490 e. The maximum absolute atomic E-state index is 11.9. The number of hydrogen-bond acceptors (Lipinski definition) is 7. The molecule has 0 atom stereocenters.